The Morgan fingerprint density at radius 2 is 2.00 bits per heavy atom. The predicted octanol–water partition coefficient (Wildman–Crippen LogP) is 5.42. The first-order chi connectivity index (χ1) is 9.75. The zero-order valence-corrected chi connectivity index (χ0v) is 14.1. The van der Waals surface area contributed by atoms with Crippen LogP contribution < -0.4 is 0 Å². The molecule has 0 saturated heterocycles. The van der Waals surface area contributed by atoms with Gasteiger partial charge in [-0.1, -0.05) is 44.0 Å². The van der Waals surface area contributed by atoms with Crippen LogP contribution in [0.5, 0.6) is 0 Å². The summed E-state index contributed by atoms with van der Waals surface area (Å²) in [6, 6.07) is 4.91. The molecule has 1 aromatic rings. The highest BCUT2D eigenvalue weighted by Crippen LogP contribution is 2.64. The Morgan fingerprint density at radius 1 is 1.29 bits per heavy atom. The Kier molecular flexibility index (Phi) is 3.46. The lowest BCUT2D eigenvalue weighted by Gasteiger charge is -2.34. The van der Waals surface area contributed by atoms with Crippen molar-refractivity contribution in [3.05, 3.63) is 33.8 Å². The van der Waals surface area contributed by atoms with Gasteiger partial charge >= 0.3 is 0 Å². The largest absolute Gasteiger partial charge is 0.278 e. The van der Waals surface area contributed by atoms with E-state index >= 15 is 0 Å². The van der Waals surface area contributed by atoms with Gasteiger partial charge in [-0.05, 0) is 48.8 Å². The molecule has 2 aliphatic carbocycles. The van der Waals surface area contributed by atoms with Crippen LogP contribution in [0.2, 0.25) is 10.0 Å². The lowest BCUT2D eigenvalue weighted by Crippen LogP contribution is -2.33. The second-order valence-electron chi connectivity index (χ2n) is 6.98. The van der Waals surface area contributed by atoms with Crippen molar-refractivity contribution in [3.8, 4) is 0 Å². The number of aliphatic imine (C=N–C) groups is 1. The molecule has 0 spiro atoms. The summed E-state index contributed by atoms with van der Waals surface area (Å²) < 4.78 is 0. The number of fused-ring (bicyclic) bond motifs is 2. The molecule has 2 bridgehead atoms. The maximum atomic E-state index is 12.4. The van der Waals surface area contributed by atoms with Crippen molar-refractivity contribution in [2.45, 2.75) is 40.0 Å². The van der Waals surface area contributed by atoms with E-state index in [1.165, 1.54) is 6.42 Å². The molecule has 2 saturated carbocycles. The summed E-state index contributed by atoms with van der Waals surface area (Å²) in [5.74, 6) is 0.381. The van der Waals surface area contributed by atoms with Crippen molar-refractivity contribution < 1.29 is 4.79 Å². The van der Waals surface area contributed by atoms with E-state index in [4.69, 9.17) is 23.2 Å². The van der Waals surface area contributed by atoms with Crippen LogP contribution in [0, 0.1) is 16.7 Å². The van der Waals surface area contributed by atoms with Gasteiger partial charge < -0.3 is 0 Å². The van der Waals surface area contributed by atoms with Crippen LogP contribution in [0.1, 0.15) is 50.4 Å². The molecule has 2 aliphatic rings. The van der Waals surface area contributed by atoms with Gasteiger partial charge in [-0.2, -0.15) is 0 Å². The topological polar surface area (TPSA) is 29.4 Å². The summed E-state index contributed by atoms with van der Waals surface area (Å²) in [6.45, 7) is 6.84. The van der Waals surface area contributed by atoms with Gasteiger partial charge in [-0.3, -0.25) is 4.79 Å². The lowest BCUT2D eigenvalue weighted by atomic mass is 9.70. The van der Waals surface area contributed by atoms with Crippen LogP contribution in [0.25, 0.3) is 0 Å². The Morgan fingerprint density at radius 3 is 2.52 bits per heavy atom. The smallest absolute Gasteiger partial charge is 0.267 e. The summed E-state index contributed by atoms with van der Waals surface area (Å²) >= 11 is 12.0. The fraction of sp³-hybridized carbons (Fsp3) is 0.529. The third-order valence-corrected chi connectivity index (χ3v) is 6.46. The third kappa shape index (κ3) is 2.15. The lowest BCUT2D eigenvalue weighted by molar-refractivity contribution is 0.100. The number of halogens is 2. The van der Waals surface area contributed by atoms with Gasteiger partial charge in [0.05, 0.1) is 10.6 Å². The summed E-state index contributed by atoms with van der Waals surface area (Å²) in [6.07, 6.45) is 3.28. The molecular weight excluding hydrogens is 305 g/mol. The maximum Gasteiger partial charge on any atom is 0.278 e. The first-order valence-corrected chi connectivity index (χ1v) is 8.09. The highest BCUT2D eigenvalue weighted by molar-refractivity contribution is 6.37. The summed E-state index contributed by atoms with van der Waals surface area (Å²) in [7, 11) is 0. The number of hydrogen-bond donors (Lipinski definition) is 0. The molecule has 0 radical (unpaired) electrons. The van der Waals surface area contributed by atoms with Crippen molar-refractivity contribution in [2.24, 2.45) is 21.7 Å². The van der Waals surface area contributed by atoms with E-state index in [0.717, 1.165) is 18.6 Å². The molecular formula is C17H19Cl2NO. The number of hydrogen-bond acceptors (Lipinski definition) is 1. The first-order valence-electron chi connectivity index (χ1n) is 7.33. The van der Waals surface area contributed by atoms with E-state index in [9.17, 15) is 4.79 Å². The maximum absolute atomic E-state index is 12.4. The molecule has 3 rings (SSSR count). The van der Waals surface area contributed by atoms with Crippen molar-refractivity contribution in [2.75, 3.05) is 0 Å². The van der Waals surface area contributed by atoms with Gasteiger partial charge in [0.25, 0.3) is 5.91 Å². The van der Waals surface area contributed by atoms with Crippen molar-refractivity contribution in [3.63, 3.8) is 0 Å². The third-order valence-electron chi connectivity index (χ3n) is 5.91. The van der Waals surface area contributed by atoms with Gasteiger partial charge in [0.1, 0.15) is 0 Å². The average molecular weight is 324 g/mol. The Labute approximate surface area is 135 Å². The fourth-order valence-electron chi connectivity index (χ4n) is 3.94. The molecule has 2 fully saturated rings. The van der Waals surface area contributed by atoms with Crippen LogP contribution in [-0.4, -0.2) is 11.6 Å². The summed E-state index contributed by atoms with van der Waals surface area (Å²) in [5, 5.41) is 0.890. The first kappa shape index (κ1) is 15.1. The van der Waals surface area contributed by atoms with E-state index in [-0.39, 0.29) is 16.7 Å². The number of nitrogens with zero attached hydrogens (tertiary/aromatic N) is 1. The second-order valence-corrected chi connectivity index (χ2v) is 7.82. The van der Waals surface area contributed by atoms with Crippen LogP contribution >= 0.6 is 23.2 Å². The van der Waals surface area contributed by atoms with Crippen LogP contribution in [-0.2, 0) is 0 Å². The van der Waals surface area contributed by atoms with Gasteiger partial charge in [0, 0.05) is 16.1 Å². The number of benzene rings is 1. The molecule has 1 aromatic carbocycles. The average Bonchev–Trinajstić information content (AvgIpc) is 2.71. The molecule has 0 heterocycles. The van der Waals surface area contributed by atoms with E-state index in [0.29, 0.717) is 21.5 Å². The highest BCUT2D eigenvalue weighted by atomic mass is 35.5. The van der Waals surface area contributed by atoms with Crippen molar-refractivity contribution >= 4 is 34.8 Å². The molecule has 0 aromatic heterocycles. The quantitative estimate of drug-likeness (QED) is 0.678. The molecule has 2 atom stereocenters. The zero-order valence-electron chi connectivity index (χ0n) is 12.5. The molecule has 4 heteroatoms. The number of rotatable bonds is 1. The Balaban J connectivity index is 1.95. The molecule has 2 nitrogen and oxygen atoms in total. The van der Waals surface area contributed by atoms with E-state index in [1.54, 1.807) is 18.2 Å². The normalized spacial score (nSPS) is 31.9. The minimum Gasteiger partial charge on any atom is -0.267 e. The zero-order chi connectivity index (χ0) is 15.4. The molecule has 2 unspecified atom stereocenters. The Bertz CT molecular complexity index is 650. The molecule has 1 amide bonds. The molecule has 0 aliphatic heterocycles. The standard InChI is InChI=1S/C17H19Cl2NO/c1-16(2)10-6-7-17(16,3)14(8-10)20-15(21)12-5-4-11(18)9-13(12)19/h4-5,9-10H,6-8H2,1-3H3. The molecule has 0 N–H and O–H groups in total. The second kappa shape index (κ2) is 4.82. The summed E-state index contributed by atoms with van der Waals surface area (Å²) in [4.78, 5) is 16.9. The van der Waals surface area contributed by atoms with E-state index in [1.807, 2.05) is 0 Å². The minimum atomic E-state index is -0.253. The van der Waals surface area contributed by atoms with Gasteiger partial charge in [0.2, 0.25) is 0 Å². The van der Waals surface area contributed by atoms with Crippen LogP contribution in [0.15, 0.2) is 23.2 Å². The van der Waals surface area contributed by atoms with E-state index in [2.05, 4.69) is 25.8 Å². The molecule has 21 heavy (non-hydrogen) atoms. The fourth-order valence-corrected chi connectivity index (χ4v) is 4.43. The van der Waals surface area contributed by atoms with Crippen molar-refractivity contribution in [1.29, 1.82) is 0 Å². The Hall–Kier alpha value is -0.860. The monoisotopic (exact) mass is 323 g/mol. The highest BCUT2D eigenvalue weighted by Gasteiger charge is 2.59. The van der Waals surface area contributed by atoms with Crippen molar-refractivity contribution in [1.82, 2.24) is 0 Å². The predicted molar refractivity (Wildman–Crippen MR) is 87.5 cm³/mol. The van der Waals surface area contributed by atoms with Gasteiger partial charge in [-0.15, -0.1) is 0 Å². The SMILES string of the molecule is CC12CCC(CC1=NC(=O)c1ccc(Cl)cc1Cl)C2(C)C. The van der Waals surface area contributed by atoms with Crippen LogP contribution in [0.3, 0.4) is 0 Å². The number of amides is 1. The van der Waals surface area contributed by atoms with Gasteiger partial charge in [0.15, 0.2) is 0 Å². The number of carbonyl (C=O) groups excluding carboxylic acids is 1. The molecule has 112 valence electrons. The number of carbonyl (C=O) groups is 1. The summed E-state index contributed by atoms with van der Waals surface area (Å²) in [5.41, 5.74) is 1.72. The van der Waals surface area contributed by atoms with Gasteiger partial charge in [-0.25, -0.2) is 4.99 Å². The minimum absolute atomic E-state index is 0.0340. The van der Waals surface area contributed by atoms with E-state index < -0.39 is 0 Å². The van der Waals surface area contributed by atoms with Crippen LogP contribution in [0.4, 0.5) is 0 Å².